The Labute approximate surface area is 378 Å². The second-order valence-corrected chi connectivity index (χ2v) is 17.6. The monoisotopic (exact) mass is 920 g/mol. The summed E-state index contributed by atoms with van der Waals surface area (Å²) in [4.78, 5) is 72.4. The summed E-state index contributed by atoms with van der Waals surface area (Å²) in [5.74, 6) is -1.91. The van der Waals surface area contributed by atoms with E-state index in [9.17, 15) is 24.0 Å². The lowest BCUT2D eigenvalue weighted by Gasteiger charge is -2.54. The quantitative estimate of drug-likeness (QED) is 0.0351. The molecule has 2 saturated heterocycles. The van der Waals surface area contributed by atoms with Crippen molar-refractivity contribution in [3.8, 4) is 0 Å². The number of hydrogen-bond donors (Lipinski definition) is 2. The van der Waals surface area contributed by atoms with Crippen LogP contribution in [0.15, 0.2) is 137 Å². The van der Waals surface area contributed by atoms with Crippen LogP contribution >= 0.6 is 46.5 Å². The first kappa shape index (κ1) is 43.3. The van der Waals surface area contributed by atoms with Crippen LogP contribution in [0.25, 0.3) is 5.57 Å². The van der Waals surface area contributed by atoms with E-state index < -0.39 is 52.8 Å². The molecule has 2 fully saturated rings. The highest BCUT2D eigenvalue weighted by molar-refractivity contribution is 8.00. The third kappa shape index (κ3) is 9.68. The Morgan fingerprint density at radius 1 is 0.873 bits per heavy atom. The van der Waals surface area contributed by atoms with Crippen LogP contribution in [0.2, 0.25) is 0 Å². The van der Waals surface area contributed by atoms with E-state index >= 15 is 0 Å². The highest BCUT2D eigenvalue weighted by Crippen LogP contribution is 2.46. The van der Waals surface area contributed by atoms with E-state index in [1.165, 1.54) is 16.4 Å². The van der Waals surface area contributed by atoms with Gasteiger partial charge in [0.05, 0.1) is 11.3 Å². The summed E-state index contributed by atoms with van der Waals surface area (Å²) in [5.41, 5.74) is 3.10. The predicted octanol–water partition coefficient (Wildman–Crippen LogP) is 6.12. The maximum Gasteiger partial charge on any atom is 0.328 e. The molecular formula is C44H37ClN8O7S3. The van der Waals surface area contributed by atoms with Crippen molar-refractivity contribution in [1.82, 2.24) is 35.4 Å². The van der Waals surface area contributed by atoms with Crippen molar-refractivity contribution >= 4 is 87.3 Å². The molecule has 4 aromatic carbocycles. The van der Waals surface area contributed by atoms with Crippen molar-refractivity contribution in [2.45, 2.75) is 35.3 Å². The van der Waals surface area contributed by atoms with Crippen molar-refractivity contribution in [1.29, 1.82) is 0 Å². The van der Waals surface area contributed by atoms with Gasteiger partial charge in [-0.15, -0.1) is 28.2 Å². The molecule has 0 saturated carbocycles. The predicted molar refractivity (Wildman–Crippen MR) is 238 cm³/mol. The molecular weight excluding hydrogens is 884 g/mol. The van der Waals surface area contributed by atoms with Crippen LogP contribution in [0.1, 0.15) is 40.2 Å². The normalized spacial score (nSPS) is 18.3. The van der Waals surface area contributed by atoms with Gasteiger partial charge in [0, 0.05) is 29.0 Å². The average Bonchev–Trinajstić information content (AvgIpc) is 3.99. The number of esters is 2. The molecule has 6 aromatic rings. The van der Waals surface area contributed by atoms with Gasteiger partial charge in [0.2, 0.25) is 17.5 Å². The van der Waals surface area contributed by atoms with Gasteiger partial charge in [-0.05, 0) is 32.7 Å². The molecule has 4 heterocycles. The first-order valence-electron chi connectivity index (χ1n) is 19.5. The summed E-state index contributed by atoms with van der Waals surface area (Å²) in [5, 5.41) is 18.9. The zero-order valence-corrected chi connectivity index (χ0v) is 36.3. The molecule has 19 heteroatoms. The van der Waals surface area contributed by atoms with E-state index in [-0.39, 0.29) is 46.2 Å². The van der Waals surface area contributed by atoms with Crippen LogP contribution in [0.5, 0.6) is 0 Å². The number of carbonyl (C=O) groups is 5. The number of benzene rings is 4. The second-order valence-electron chi connectivity index (χ2n) is 14.4. The number of rotatable bonds is 17. The minimum Gasteiger partial charge on any atom is -0.452 e. The van der Waals surface area contributed by atoms with E-state index in [1.807, 2.05) is 121 Å². The summed E-state index contributed by atoms with van der Waals surface area (Å²) in [6.45, 7) is -0.354. The number of amides is 3. The number of tetrazole rings is 1. The van der Waals surface area contributed by atoms with Crippen LogP contribution < -0.4 is 10.6 Å². The topological polar surface area (TPSA) is 188 Å². The summed E-state index contributed by atoms with van der Waals surface area (Å²) in [6, 6.07) is 36.6. The zero-order valence-electron chi connectivity index (χ0n) is 33.1. The lowest BCUT2D eigenvalue weighted by Crippen LogP contribution is -2.74. The van der Waals surface area contributed by atoms with Crippen molar-refractivity contribution in [2.75, 3.05) is 23.4 Å². The minimum atomic E-state index is -1.30. The highest BCUT2D eigenvalue weighted by Gasteiger charge is 2.58. The van der Waals surface area contributed by atoms with Crippen LogP contribution in [0.4, 0.5) is 5.13 Å². The number of nitrogens with zero attached hydrogens (tertiary/aromatic N) is 6. The highest BCUT2D eigenvalue weighted by atomic mass is 35.5. The zero-order chi connectivity index (χ0) is 43.8. The molecule has 2 unspecified atom stereocenters. The molecule has 3 atom stereocenters. The Kier molecular flexibility index (Phi) is 13.6. The summed E-state index contributed by atoms with van der Waals surface area (Å²) < 4.78 is 13.8. The fourth-order valence-electron chi connectivity index (χ4n) is 7.15. The number of nitrogens with one attached hydrogen (secondary N) is 2. The van der Waals surface area contributed by atoms with Crippen LogP contribution in [0, 0.1) is 5.41 Å². The summed E-state index contributed by atoms with van der Waals surface area (Å²) >= 11 is 9.64. The molecule has 0 radical (unpaired) electrons. The molecule has 320 valence electrons. The van der Waals surface area contributed by atoms with Crippen molar-refractivity contribution in [3.05, 3.63) is 160 Å². The van der Waals surface area contributed by atoms with E-state index in [1.54, 1.807) is 10.3 Å². The number of hydrogen-bond acceptors (Lipinski definition) is 14. The Morgan fingerprint density at radius 2 is 1.44 bits per heavy atom. The van der Waals surface area contributed by atoms with Gasteiger partial charge in [0.25, 0.3) is 5.91 Å². The number of fused-ring (bicyclic) bond motifs is 1. The Bertz CT molecular complexity index is 2530. The summed E-state index contributed by atoms with van der Waals surface area (Å²) in [7, 11) is 0. The van der Waals surface area contributed by atoms with E-state index in [0.29, 0.717) is 6.41 Å². The fraction of sp³-hybridized carbons (Fsp3) is 0.205. The number of thioether (sulfide) groups is 2. The maximum atomic E-state index is 14.8. The molecule has 2 aromatic heterocycles. The Balaban J connectivity index is 1.01. The number of halogens is 1. The lowest BCUT2D eigenvalue weighted by molar-refractivity contribution is -0.164. The molecule has 3 amide bonds. The molecule has 0 aliphatic carbocycles. The largest absolute Gasteiger partial charge is 0.452 e. The Morgan fingerprint density at radius 3 is 2.00 bits per heavy atom. The van der Waals surface area contributed by atoms with Gasteiger partial charge in [-0.25, -0.2) is 9.67 Å². The van der Waals surface area contributed by atoms with E-state index in [0.717, 1.165) is 50.9 Å². The summed E-state index contributed by atoms with van der Waals surface area (Å²) in [6.07, 6.45) is -0.967. The van der Waals surface area contributed by atoms with Gasteiger partial charge in [-0.2, -0.15) is 0 Å². The molecule has 8 rings (SSSR count). The average molecular weight is 921 g/mol. The van der Waals surface area contributed by atoms with E-state index in [4.69, 9.17) is 21.1 Å². The standard InChI is InChI=1S/C44H37ClN8O7S3/c45-21-32(33-23-61-42(47-33)46-27-54)38(56)48-35-39(57)52-24-44(25-62-40(35)52,41(58)60-37(30-17-9-3-10-18-30)31-19-11-4-12-20-31)26-63-43-49-50-51-53(43)22-34(55)59-36(28-13-5-1-6-14-28)29-15-7-2-8-16-29/h1-21,23,27,35-37,40H,22,24-26H2,(H,48,56)(H,46,47,54)/t35?,40-,44?/m1/s1. The first-order valence-corrected chi connectivity index (χ1v) is 22.8. The molecule has 63 heavy (non-hydrogen) atoms. The third-order valence-electron chi connectivity index (χ3n) is 10.3. The molecule has 2 aliphatic rings. The van der Waals surface area contributed by atoms with Crippen molar-refractivity contribution in [3.63, 3.8) is 0 Å². The number of ether oxygens (including phenoxy) is 2. The molecule has 0 bridgehead atoms. The van der Waals surface area contributed by atoms with Gasteiger partial charge in [0.1, 0.15) is 23.4 Å². The molecule has 2 aliphatic heterocycles. The SMILES string of the molecule is O=CNc1nc(C(=CCl)C(=O)NC2C(=O)N3CC(CSc4nnnn4CC(=O)OC(c4ccccc4)c4ccccc4)(C(=O)OC(c4ccccc4)c4ccccc4)CS[C@H]23)cs1. The smallest absolute Gasteiger partial charge is 0.328 e. The van der Waals surface area contributed by atoms with Gasteiger partial charge in [0.15, 0.2) is 17.3 Å². The van der Waals surface area contributed by atoms with Crippen molar-refractivity contribution < 1.29 is 33.4 Å². The van der Waals surface area contributed by atoms with Gasteiger partial charge < -0.3 is 25.0 Å². The van der Waals surface area contributed by atoms with Crippen LogP contribution in [-0.4, -0.2) is 89.7 Å². The third-order valence-corrected chi connectivity index (χ3v) is 14.1. The fourth-order valence-corrected chi connectivity index (χ4v) is 10.8. The van der Waals surface area contributed by atoms with E-state index in [2.05, 4.69) is 31.1 Å². The number of thiazole rings is 1. The van der Waals surface area contributed by atoms with Gasteiger partial charge in [-0.1, -0.05) is 145 Å². The first-order chi connectivity index (χ1) is 30.8. The number of aromatic nitrogens is 5. The van der Waals surface area contributed by atoms with Crippen LogP contribution in [-0.2, 0) is 40.0 Å². The Hall–Kier alpha value is -6.34. The molecule has 15 nitrogen and oxygen atoms in total. The van der Waals surface area contributed by atoms with Gasteiger partial charge >= 0.3 is 11.9 Å². The van der Waals surface area contributed by atoms with Gasteiger partial charge in [-0.3, -0.25) is 24.0 Å². The molecule has 0 spiro atoms. The van der Waals surface area contributed by atoms with Crippen LogP contribution in [0.3, 0.4) is 0 Å². The van der Waals surface area contributed by atoms with Crippen molar-refractivity contribution in [2.24, 2.45) is 5.41 Å². The number of carbonyl (C=O) groups excluding carboxylic acids is 5. The number of β-lactam (4-membered cyclic amide) rings is 1. The second kappa shape index (κ2) is 19.8. The lowest BCUT2D eigenvalue weighted by atomic mass is 9.88. The maximum absolute atomic E-state index is 14.8. The number of anilines is 1. The minimum absolute atomic E-state index is 0.0124. The molecule has 2 N–H and O–H groups in total.